The number of aromatic nitrogens is 1. The molecule has 3 rings (SSSR count). The topological polar surface area (TPSA) is 24.9 Å². The molecule has 17 heavy (non-hydrogen) atoms. The molecular formula is C15H18N2. The van der Waals surface area contributed by atoms with Crippen LogP contribution in [-0.4, -0.2) is 11.5 Å². The third-order valence-electron chi connectivity index (χ3n) is 3.50. The van der Waals surface area contributed by atoms with Gasteiger partial charge >= 0.3 is 0 Å². The number of hydrogen-bond acceptors (Lipinski definition) is 2. The fourth-order valence-electron chi connectivity index (χ4n) is 2.49. The van der Waals surface area contributed by atoms with Gasteiger partial charge in [-0.05, 0) is 49.1 Å². The lowest BCUT2D eigenvalue weighted by Gasteiger charge is -2.18. The van der Waals surface area contributed by atoms with Crippen LogP contribution in [0.3, 0.4) is 0 Å². The maximum Gasteiger partial charge on any atom is 0.0702 e. The van der Waals surface area contributed by atoms with Crippen LogP contribution < -0.4 is 5.32 Å². The zero-order valence-electron chi connectivity index (χ0n) is 10.2. The molecule has 0 saturated heterocycles. The maximum atomic E-state index is 4.37. The van der Waals surface area contributed by atoms with E-state index >= 15 is 0 Å². The van der Waals surface area contributed by atoms with Crippen LogP contribution in [0.4, 0.5) is 0 Å². The molecule has 0 amide bonds. The number of fused-ring (bicyclic) bond motifs is 1. The highest BCUT2D eigenvalue weighted by Crippen LogP contribution is 2.41. The molecule has 0 radical (unpaired) electrons. The van der Waals surface area contributed by atoms with Gasteiger partial charge in [0.1, 0.15) is 0 Å². The lowest BCUT2D eigenvalue weighted by Crippen LogP contribution is -2.22. The van der Waals surface area contributed by atoms with Crippen molar-refractivity contribution >= 4 is 10.9 Å². The van der Waals surface area contributed by atoms with Crippen LogP contribution in [0.1, 0.15) is 31.4 Å². The predicted molar refractivity (Wildman–Crippen MR) is 70.9 cm³/mol. The Morgan fingerprint density at radius 2 is 2.24 bits per heavy atom. The smallest absolute Gasteiger partial charge is 0.0702 e. The van der Waals surface area contributed by atoms with E-state index in [1.54, 1.807) is 0 Å². The van der Waals surface area contributed by atoms with Gasteiger partial charge in [-0.2, -0.15) is 0 Å². The average Bonchev–Trinajstić information content (AvgIpc) is 3.20. The Labute approximate surface area is 102 Å². The van der Waals surface area contributed by atoms with E-state index in [0.717, 1.165) is 18.0 Å². The Morgan fingerprint density at radius 3 is 3.00 bits per heavy atom. The summed E-state index contributed by atoms with van der Waals surface area (Å²) >= 11 is 0. The Kier molecular flexibility index (Phi) is 2.81. The summed E-state index contributed by atoms with van der Waals surface area (Å²) in [4.78, 5) is 4.37. The molecular weight excluding hydrogens is 208 g/mol. The van der Waals surface area contributed by atoms with Gasteiger partial charge in [0.05, 0.1) is 5.52 Å². The second kappa shape index (κ2) is 4.46. The van der Waals surface area contributed by atoms with Crippen LogP contribution in [0.15, 0.2) is 36.5 Å². The summed E-state index contributed by atoms with van der Waals surface area (Å²) in [6.45, 7) is 3.21. The van der Waals surface area contributed by atoms with Crippen LogP contribution in [0.5, 0.6) is 0 Å². The van der Waals surface area contributed by atoms with Crippen molar-refractivity contribution in [3.63, 3.8) is 0 Å². The molecule has 1 unspecified atom stereocenters. The minimum Gasteiger partial charge on any atom is -0.310 e. The zero-order valence-corrected chi connectivity index (χ0v) is 10.2. The van der Waals surface area contributed by atoms with Crippen molar-refractivity contribution in [2.75, 3.05) is 6.54 Å². The van der Waals surface area contributed by atoms with E-state index in [9.17, 15) is 0 Å². The largest absolute Gasteiger partial charge is 0.310 e. The fourth-order valence-corrected chi connectivity index (χ4v) is 2.49. The van der Waals surface area contributed by atoms with E-state index in [1.165, 1.54) is 23.8 Å². The molecule has 1 saturated carbocycles. The lowest BCUT2D eigenvalue weighted by molar-refractivity contribution is 0.496. The third kappa shape index (κ3) is 2.18. The van der Waals surface area contributed by atoms with Gasteiger partial charge in [-0.3, -0.25) is 4.98 Å². The summed E-state index contributed by atoms with van der Waals surface area (Å²) in [5.74, 6) is 0.837. The second-order valence-corrected chi connectivity index (χ2v) is 4.83. The van der Waals surface area contributed by atoms with Gasteiger partial charge in [0.2, 0.25) is 0 Å². The monoisotopic (exact) mass is 226 g/mol. The first-order valence-corrected chi connectivity index (χ1v) is 6.46. The normalized spacial score (nSPS) is 17.2. The maximum absolute atomic E-state index is 4.37. The van der Waals surface area contributed by atoms with Crippen molar-refractivity contribution in [2.24, 2.45) is 5.92 Å². The molecule has 0 bridgehead atoms. The van der Waals surface area contributed by atoms with E-state index in [4.69, 9.17) is 0 Å². The minimum absolute atomic E-state index is 0.532. The molecule has 1 atom stereocenters. The van der Waals surface area contributed by atoms with Crippen LogP contribution in [0, 0.1) is 5.92 Å². The van der Waals surface area contributed by atoms with Crippen LogP contribution >= 0.6 is 0 Å². The van der Waals surface area contributed by atoms with Crippen molar-refractivity contribution in [3.05, 3.63) is 42.1 Å². The van der Waals surface area contributed by atoms with Gasteiger partial charge in [0, 0.05) is 17.6 Å². The van der Waals surface area contributed by atoms with Crippen molar-refractivity contribution < 1.29 is 0 Å². The molecule has 2 aromatic rings. The molecule has 1 N–H and O–H groups in total. The van der Waals surface area contributed by atoms with E-state index in [1.807, 2.05) is 12.3 Å². The molecule has 1 heterocycles. The van der Waals surface area contributed by atoms with Crippen molar-refractivity contribution in [2.45, 2.75) is 25.8 Å². The molecule has 1 aliphatic carbocycles. The van der Waals surface area contributed by atoms with E-state index < -0.39 is 0 Å². The number of hydrogen-bond donors (Lipinski definition) is 1. The number of rotatable bonds is 4. The summed E-state index contributed by atoms with van der Waals surface area (Å²) < 4.78 is 0. The molecule has 0 aliphatic heterocycles. The summed E-state index contributed by atoms with van der Waals surface area (Å²) in [6.07, 6.45) is 4.58. The van der Waals surface area contributed by atoms with Gasteiger partial charge in [-0.25, -0.2) is 0 Å². The van der Waals surface area contributed by atoms with Crippen LogP contribution in [-0.2, 0) is 0 Å². The van der Waals surface area contributed by atoms with Crippen LogP contribution in [0.25, 0.3) is 10.9 Å². The van der Waals surface area contributed by atoms with Crippen molar-refractivity contribution in [3.8, 4) is 0 Å². The molecule has 88 valence electrons. The molecule has 1 aromatic carbocycles. The molecule has 2 heteroatoms. The Balaban J connectivity index is 1.97. The first kappa shape index (κ1) is 10.7. The zero-order chi connectivity index (χ0) is 11.7. The minimum atomic E-state index is 0.532. The lowest BCUT2D eigenvalue weighted by atomic mass is 10.0. The number of nitrogens with zero attached hydrogens (tertiary/aromatic N) is 1. The van der Waals surface area contributed by atoms with E-state index in [0.29, 0.717) is 6.04 Å². The number of nitrogens with one attached hydrogen (secondary N) is 1. The SMILES string of the molecule is CCNC(c1ccc2ncccc2c1)C1CC1. The number of pyridine rings is 1. The Hall–Kier alpha value is -1.41. The summed E-state index contributed by atoms with van der Waals surface area (Å²) in [7, 11) is 0. The van der Waals surface area contributed by atoms with Gasteiger partial charge in [-0.1, -0.05) is 19.1 Å². The highest BCUT2D eigenvalue weighted by Gasteiger charge is 2.31. The first-order valence-electron chi connectivity index (χ1n) is 6.46. The molecule has 0 spiro atoms. The van der Waals surface area contributed by atoms with E-state index in [2.05, 4.69) is 41.5 Å². The van der Waals surface area contributed by atoms with Gasteiger partial charge in [0.15, 0.2) is 0 Å². The molecule has 1 aliphatic rings. The highest BCUT2D eigenvalue weighted by molar-refractivity contribution is 5.79. The summed E-state index contributed by atoms with van der Waals surface area (Å²) in [6, 6.07) is 11.3. The molecule has 1 aromatic heterocycles. The van der Waals surface area contributed by atoms with Crippen molar-refractivity contribution in [1.29, 1.82) is 0 Å². The first-order chi connectivity index (χ1) is 8.38. The predicted octanol–water partition coefficient (Wildman–Crippen LogP) is 3.30. The van der Waals surface area contributed by atoms with Crippen LogP contribution in [0.2, 0.25) is 0 Å². The molecule has 2 nitrogen and oxygen atoms in total. The van der Waals surface area contributed by atoms with E-state index in [-0.39, 0.29) is 0 Å². The fraction of sp³-hybridized carbons (Fsp3) is 0.400. The van der Waals surface area contributed by atoms with Gasteiger partial charge in [-0.15, -0.1) is 0 Å². The standard InChI is InChI=1S/C15H18N2/c1-2-16-15(11-5-6-11)13-7-8-14-12(10-13)4-3-9-17-14/h3-4,7-11,15-16H,2,5-6H2,1H3. The number of benzene rings is 1. The third-order valence-corrected chi connectivity index (χ3v) is 3.50. The Morgan fingerprint density at radius 1 is 1.35 bits per heavy atom. The quantitative estimate of drug-likeness (QED) is 0.865. The van der Waals surface area contributed by atoms with Gasteiger partial charge in [0.25, 0.3) is 0 Å². The Bertz CT molecular complexity index is 517. The average molecular weight is 226 g/mol. The highest BCUT2D eigenvalue weighted by atomic mass is 14.9. The van der Waals surface area contributed by atoms with Gasteiger partial charge < -0.3 is 5.32 Å². The summed E-state index contributed by atoms with van der Waals surface area (Å²) in [5.41, 5.74) is 2.50. The van der Waals surface area contributed by atoms with Crippen molar-refractivity contribution in [1.82, 2.24) is 10.3 Å². The summed E-state index contributed by atoms with van der Waals surface area (Å²) in [5, 5.41) is 4.85. The molecule has 1 fully saturated rings. The second-order valence-electron chi connectivity index (χ2n) is 4.83.